The third-order valence-corrected chi connectivity index (χ3v) is 5.22. The van der Waals surface area contributed by atoms with Crippen molar-refractivity contribution in [2.75, 3.05) is 26.8 Å². The van der Waals surface area contributed by atoms with Gasteiger partial charge in [-0.25, -0.2) is 4.98 Å². The summed E-state index contributed by atoms with van der Waals surface area (Å²) in [5, 5.41) is 2.98. The molecule has 1 atom stereocenters. The summed E-state index contributed by atoms with van der Waals surface area (Å²) in [4.78, 5) is 18.9. The van der Waals surface area contributed by atoms with Crippen molar-refractivity contribution < 1.29 is 14.3 Å². The lowest BCUT2D eigenvalue weighted by Gasteiger charge is -2.32. The van der Waals surface area contributed by atoms with E-state index in [4.69, 9.17) is 9.47 Å². The van der Waals surface area contributed by atoms with Gasteiger partial charge in [0.25, 0.3) is 0 Å². The van der Waals surface area contributed by atoms with Crippen molar-refractivity contribution in [3.63, 3.8) is 0 Å². The molecule has 0 bridgehead atoms. The summed E-state index contributed by atoms with van der Waals surface area (Å²) < 4.78 is 11.1. The molecule has 1 aromatic carbocycles. The average Bonchev–Trinajstić information content (AvgIpc) is 3.05. The van der Waals surface area contributed by atoms with Crippen molar-refractivity contribution in [3.05, 3.63) is 40.3 Å². The highest BCUT2D eigenvalue weighted by molar-refractivity contribution is 7.09. The molecule has 3 rings (SSSR count). The molecule has 2 heterocycles. The van der Waals surface area contributed by atoms with Crippen LogP contribution >= 0.6 is 11.3 Å². The molecular formula is C19H24N2O3S. The Balaban J connectivity index is 1.51. The Morgan fingerprint density at radius 2 is 2.24 bits per heavy atom. The fourth-order valence-corrected chi connectivity index (χ4v) is 3.70. The first kappa shape index (κ1) is 17.7. The smallest absolute Gasteiger partial charge is 0.228 e. The summed E-state index contributed by atoms with van der Waals surface area (Å²) in [7, 11) is 1.65. The van der Waals surface area contributed by atoms with Crippen molar-refractivity contribution in [1.82, 2.24) is 9.88 Å². The first-order chi connectivity index (χ1) is 12.1. The van der Waals surface area contributed by atoms with Crippen LogP contribution in [0.25, 0.3) is 0 Å². The maximum absolute atomic E-state index is 12.5. The summed E-state index contributed by atoms with van der Waals surface area (Å²) >= 11 is 1.59. The van der Waals surface area contributed by atoms with Crippen molar-refractivity contribution in [3.8, 4) is 11.5 Å². The van der Waals surface area contributed by atoms with E-state index in [1.807, 2.05) is 41.5 Å². The van der Waals surface area contributed by atoms with Crippen LogP contribution in [0.4, 0.5) is 0 Å². The number of piperidine rings is 1. The standard InChI is InChI=1S/C19H24N2O3S/c1-14-20-16(13-25-14)9-19(22)21-8-4-5-15(11-21)12-24-18-7-3-6-17(10-18)23-2/h3,6-7,10,13,15H,4-5,8-9,11-12H2,1-2H3/t15-/m0/s1. The Morgan fingerprint density at radius 3 is 3.00 bits per heavy atom. The molecule has 0 N–H and O–H groups in total. The Hall–Kier alpha value is -2.08. The molecule has 1 saturated heterocycles. The molecule has 2 aromatic rings. The van der Waals surface area contributed by atoms with Gasteiger partial charge in [0, 0.05) is 30.5 Å². The lowest BCUT2D eigenvalue weighted by molar-refractivity contribution is -0.132. The number of hydrogen-bond acceptors (Lipinski definition) is 5. The van der Waals surface area contributed by atoms with Gasteiger partial charge in [-0.2, -0.15) is 0 Å². The lowest BCUT2D eigenvalue weighted by atomic mass is 9.98. The van der Waals surface area contributed by atoms with Crippen LogP contribution in [0.15, 0.2) is 29.6 Å². The predicted octanol–water partition coefficient (Wildman–Crippen LogP) is 3.32. The van der Waals surface area contributed by atoms with Gasteiger partial charge in [-0.05, 0) is 31.9 Å². The van der Waals surface area contributed by atoms with Gasteiger partial charge in [0.1, 0.15) is 11.5 Å². The molecule has 25 heavy (non-hydrogen) atoms. The van der Waals surface area contributed by atoms with E-state index in [0.717, 1.165) is 48.1 Å². The maximum Gasteiger partial charge on any atom is 0.228 e. The number of benzene rings is 1. The Kier molecular flexibility index (Phi) is 5.91. The number of nitrogens with zero attached hydrogens (tertiary/aromatic N) is 2. The second kappa shape index (κ2) is 8.34. The monoisotopic (exact) mass is 360 g/mol. The van der Waals surface area contributed by atoms with Crippen LogP contribution in [0.3, 0.4) is 0 Å². The number of likely N-dealkylation sites (tertiary alicyclic amines) is 1. The van der Waals surface area contributed by atoms with Crippen molar-refractivity contribution >= 4 is 17.2 Å². The predicted molar refractivity (Wildman–Crippen MR) is 98.3 cm³/mol. The number of carbonyl (C=O) groups is 1. The number of aromatic nitrogens is 1. The lowest BCUT2D eigenvalue weighted by Crippen LogP contribution is -2.42. The van der Waals surface area contributed by atoms with Crippen LogP contribution in [0, 0.1) is 12.8 Å². The molecule has 0 aliphatic carbocycles. The Labute approximate surface area is 152 Å². The highest BCUT2D eigenvalue weighted by Crippen LogP contribution is 2.22. The first-order valence-electron chi connectivity index (χ1n) is 8.59. The number of ether oxygens (including phenoxy) is 2. The first-order valence-corrected chi connectivity index (χ1v) is 9.47. The molecule has 134 valence electrons. The van der Waals surface area contributed by atoms with Gasteiger partial charge >= 0.3 is 0 Å². The van der Waals surface area contributed by atoms with Crippen molar-refractivity contribution in [2.24, 2.45) is 5.92 Å². The summed E-state index contributed by atoms with van der Waals surface area (Å²) in [6.45, 7) is 4.17. The quantitative estimate of drug-likeness (QED) is 0.793. The van der Waals surface area contributed by atoms with Crippen molar-refractivity contribution in [1.29, 1.82) is 0 Å². The molecule has 1 fully saturated rings. The van der Waals surface area contributed by atoms with Crippen LogP contribution in [0.2, 0.25) is 0 Å². The fourth-order valence-electron chi connectivity index (χ4n) is 3.09. The molecule has 0 spiro atoms. The summed E-state index contributed by atoms with van der Waals surface area (Å²) in [6.07, 6.45) is 2.51. The minimum atomic E-state index is 0.163. The largest absolute Gasteiger partial charge is 0.497 e. The minimum Gasteiger partial charge on any atom is -0.497 e. The van der Waals surface area contributed by atoms with Gasteiger partial charge in [0.05, 0.1) is 30.8 Å². The molecule has 0 unspecified atom stereocenters. The second-order valence-corrected chi connectivity index (χ2v) is 7.43. The summed E-state index contributed by atoms with van der Waals surface area (Å²) in [6, 6.07) is 7.63. The topological polar surface area (TPSA) is 51.7 Å². The zero-order chi connectivity index (χ0) is 17.6. The van der Waals surface area contributed by atoms with E-state index in [0.29, 0.717) is 18.9 Å². The molecule has 1 aliphatic rings. The number of carbonyl (C=O) groups excluding carboxylic acids is 1. The van der Waals surface area contributed by atoms with Gasteiger partial charge in [-0.1, -0.05) is 6.07 Å². The zero-order valence-electron chi connectivity index (χ0n) is 14.7. The summed E-state index contributed by atoms with van der Waals surface area (Å²) in [5.74, 6) is 2.12. The van der Waals surface area contributed by atoms with Gasteiger partial charge < -0.3 is 14.4 Å². The number of methoxy groups -OCH3 is 1. The van der Waals surface area contributed by atoms with Gasteiger partial charge in [-0.3, -0.25) is 4.79 Å². The second-order valence-electron chi connectivity index (χ2n) is 6.37. The highest BCUT2D eigenvalue weighted by atomic mass is 32.1. The van der Waals surface area contributed by atoms with Crippen molar-refractivity contribution in [2.45, 2.75) is 26.2 Å². The van der Waals surface area contributed by atoms with E-state index in [2.05, 4.69) is 4.98 Å². The zero-order valence-corrected chi connectivity index (χ0v) is 15.6. The molecule has 1 aromatic heterocycles. The van der Waals surface area contributed by atoms with Crippen LogP contribution in [0.5, 0.6) is 11.5 Å². The third kappa shape index (κ3) is 4.95. The molecule has 0 radical (unpaired) electrons. The normalized spacial score (nSPS) is 17.4. The van der Waals surface area contributed by atoms with E-state index in [1.165, 1.54) is 0 Å². The van der Waals surface area contributed by atoms with Crippen LogP contribution in [-0.2, 0) is 11.2 Å². The van der Waals surface area contributed by atoms with Gasteiger partial charge in [0.2, 0.25) is 5.91 Å². The van der Waals surface area contributed by atoms with Crippen LogP contribution in [-0.4, -0.2) is 42.6 Å². The molecule has 5 nitrogen and oxygen atoms in total. The molecule has 0 saturated carbocycles. The fraction of sp³-hybridized carbons (Fsp3) is 0.474. The van der Waals surface area contributed by atoms with E-state index in [-0.39, 0.29) is 5.91 Å². The Morgan fingerprint density at radius 1 is 1.40 bits per heavy atom. The van der Waals surface area contributed by atoms with Gasteiger partial charge in [-0.15, -0.1) is 11.3 Å². The van der Waals surface area contributed by atoms with E-state index < -0.39 is 0 Å². The molecular weight excluding hydrogens is 336 g/mol. The van der Waals surface area contributed by atoms with E-state index in [1.54, 1.807) is 18.4 Å². The minimum absolute atomic E-state index is 0.163. The maximum atomic E-state index is 12.5. The SMILES string of the molecule is COc1cccc(OC[C@H]2CCCN(C(=O)Cc3csc(C)n3)C2)c1. The molecule has 1 amide bonds. The van der Waals surface area contributed by atoms with Crippen LogP contribution in [0.1, 0.15) is 23.5 Å². The molecule has 6 heteroatoms. The summed E-state index contributed by atoms with van der Waals surface area (Å²) in [5.41, 5.74) is 0.877. The van der Waals surface area contributed by atoms with Crippen LogP contribution < -0.4 is 9.47 Å². The number of amides is 1. The molecule has 1 aliphatic heterocycles. The highest BCUT2D eigenvalue weighted by Gasteiger charge is 2.24. The van der Waals surface area contributed by atoms with E-state index in [9.17, 15) is 4.79 Å². The average molecular weight is 360 g/mol. The number of aryl methyl sites for hydroxylation is 1. The Bertz CT molecular complexity index is 716. The third-order valence-electron chi connectivity index (χ3n) is 4.40. The number of hydrogen-bond donors (Lipinski definition) is 0. The van der Waals surface area contributed by atoms with E-state index >= 15 is 0 Å². The van der Waals surface area contributed by atoms with Gasteiger partial charge in [0.15, 0.2) is 0 Å². The number of rotatable bonds is 6. The number of thiazole rings is 1.